The minimum atomic E-state index is -3.83. The van der Waals surface area contributed by atoms with Crippen LogP contribution in [0.3, 0.4) is 0 Å². The second-order valence-electron chi connectivity index (χ2n) is 1.30. The molecule has 0 amide bonds. The van der Waals surface area contributed by atoms with Crippen molar-refractivity contribution in [3.05, 3.63) is 0 Å². The van der Waals surface area contributed by atoms with Crippen molar-refractivity contribution < 1.29 is 19.4 Å². The first kappa shape index (κ1) is 7.66. The molecule has 0 heterocycles. The second kappa shape index (κ2) is 2.29. The van der Waals surface area contributed by atoms with Crippen LogP contribution in [0.25, 0.3) is 0 Å². The molecule has 2 N–H and O–H groups in total. The van der Waals surface area contributed by atoms with E-state index >= 15 is 0 Å². The van der Waals surface area contributed by atoms with Crippen LogP contribution in [0.5, 0.6) is 0 Å². The zero-order valence-electron chi connectivity index (χ0n) is 4.37. The van der Waals surface area contributed by atoms with Gasteiger partial charge in [-0.05, 0) is 0 Å². The summed E-state index contributed by atoms with van der Waals surface area (Å²) in [5, 5.41) is 7.93. The van der Waals surface area contributed by atoms with Crippen molar-refractivity contribution in [2.75, 3.05) is 6.16 Å². The van der Waals surface area contributed by atoms with E-state index in [1.54, 1.807) is 0 Å². The van der Waals surface area contributed by atoms with E-state index in [0.717, 1.165) is 0 Å². The van der Waals surface area contributed by atoms with Crippen LogP contribution in [0.4, 0.5) is 4.79 Å². The average Bonchev–Trinajstić information content (AvgIpc) is 1.67. The summed E-state index contributed by atoms with van der Waals surface area (Å²) in [6.07, 6.45) is -0.206. The molecule has 0 aliphatic carbocycles. The van der Waals surface area contributed by atoms with Crippen molar-refractivity contribution in [2.45, 2.75) is 6.92 Å². The summed E-state index contributed by atoms with van der Waals surface area (Å²) >= 11 is 0. The summed E-state index contributed by atoms with van der Waals surface area (Å²) in [6, 6.07) is 0. The van der Waals surface area contributed by atoms with E-state index in [-0.39, 0.29) is 6.16 Å². The van der Waals surface area contributed by atoms with Crippen LogP contribution in [0.1, 0.15) is 6.92 Å². The maximum atomic E-state index is 10.2. The van der Waals surface area contributed by atoms with Gasteiger partial charge in [-0.15, -0.1) is 0 Å². The van der Waals surface area contributed by atoms with Crippen LogP contribution in [-0.2, 0) is 4.57 Å². The van der Waals surface area contributed by atoms with E-state index in [9.17, 15) is 9.36 Å². The molecule has 0 bridgehead atoms. The quantitative estimate of drug-likeness (QED) is 0.557. The molecule has 4 nitrogen and oxygen atoms in total. The molecule has 1 unspecified atom stereocenters. The lowest BCUT2D eigenvalue weighted by molar-refractivity contribution is 0.215. The molecule has 0 aromatic rings. The Morgan fingerprint density at radius 1 is 1.75 bits per heavy atom. The van der Waals surface area contributed by atoms with Gasteiger partial charge >= 0.3 is 13.1 Å². The molecule has 0 aromatic carbocycles. The fourth-order valence-electron chi connectivity index (χ4n) is 0.135. The fourth-order valence-corrected chi connectivity index (χ4v) is 0.406. The first-order valence-electron chi connectivity index (χ1n) is 2.06. The van der Waals surface area contributed by atoms with Crippen LogP contribution < -0.4 is 0 Å². The van der Waals surface area contributed by atoms with Crippen molar-refractivity contribution in [3.8, 4) is 0 Å². The molecule has 0 spiro atoms. The molecule has 0 saturated carbocycles. The van der Waals surface area contributed by atoms with E-state index in [4.69, 9.17) is 10.00 Å². The summed E-state index contributed by atoms with van der Waals surface area (Å²) in [5.41, 5.74) is -1.61. The molecule has 0 radical (unpaired) electrons. The molecule has 0 aromatic heterocycles. The number of hydrogen-bond donors (Lipinski definition) is 2. The van der Waals surface area contributed by atoms with Crippen LogP contribution >= 0.6 is 7.37 Å². The second-order valence-corrected chi connectivity index (χ2v) is 3.72. The summed E-state index contributed by atoms with van der Waals surface area (Å²) in [6.45, 7) is 1.36. The van der Waals surface area contributed by atoms with Crippen LogP contribution in [0.2, 0.25) is 0 Å². The molecule has 0 fully saturated rings. The van der Waals surface area contributed by atoms with Gasteiger partial charge in [0, 0.05) is 6.16 Å². The predicted octanol–water partition coefficient (Wildman–Crippen LogP) is 0.955. The Morgan fingerprint density at radius 3 is 2.12 bits per heavy atom. The highest BCUT2D eigenvalue weighted by atomic mass is 31.2. The Labute approximate surface area is 46.6 Å². The van der Waals surface area contributed by atoms with Gasteiger partial charge in [-0.1, -0.05) is 6.92 Å². The lowest BCUT2D eigenvalue weighted by Crippen LogP contribution is -1.95. The topological polar surface area (TPSA) is 74.6 Å². The highest BCUT2D eigenvalue weighted by Gasteiger charge is 2.24. The number of carbonyl (C=O) groups is 1. The normalized spacial score (nSPS) is 17.2. The van der Waals surface area contributed by atoms with Crippen molar-refractivity contribution in [1.29, 1.82) is 0 Å². The van der Waals surface area contributed by atoms with Gasteiger partial charge in [0.2, 0.25) is 0 Å². The van der Waals surface area contributed by atoms with Gasteiger partial charge in [-0.2, -0.15) is 0 Å². The first-order valence-corrected chi connectivity index (χ1v) is 3.90. The lowest BCUT2D eigenvalue weighted by atomic mass is 11.0. The van der Waals surface area contributed by atoms with E-state index in [0.29, 0.717) is 0 Å². The van der Waals surface area contributed by atoms with E-state index < -0.39 is 13.1 Å². The maximum Gasteiger partial charge on any atom is 0.388 e. The van der Waals surface area contributed by atoms with E-state index in [2.05, 4.69) is 0 Å². The Bertz CT molecular complexity index is 140. The summed E-state index contributed by atoms with van der Waals surface area (Å²) in [5.74, 6) is 0. The molecule has 0 saturated heterocycles. The Hall–Kier alpha value is -0.340. The summed E-state index contributed by atoms with van der Waals surface area (Å²) < 4.78 is 10.2. The lowest BCUT2D eigenvalue weighted by Gasteiger charge is -1.98. The van der Waals surface area contributed by atoms with E-state index in [1.165, 1.54) is 6.92 Å². The SMILES string of the molecule is CCP(=O)(O)C(=O)O. The first-order chi connectivity index (χ1) is 3.50. The minimum Gasteiger partial charge on any atom is -0.474 e. The molecular formula is C3H7O4P. The molecule has 48 valence electrons. The van der Waals surface area contributed by atoms with Gasteiger partial charge in [0.25, 0.3) is 0 Å². The van der Waals surface area contributed by atoms with Crippen LogP contribution in [-0.4, -0.2) is 21.9 Å². The fraction of sp³-hybridized carbons (Fsp3) is 0.667. The van der Waals surface area contributed by atoms with Crippen molar-refractivity contribution in [3.63, 3.8) is 0 Å². The highest BCUT2D eigenvalue weighted by Crippen LogP contribution is 2.39. The Kier molecular flexibility index (Phi) is 2.19. The minimum absolute atomic E-state index is 0.206. The zero-order chi connectivity index (χ0) is 6.78. The third-order valence-corrected chi connectivity index (χ3v) is 2.18. The molecular weight excluding hydrogens is 131 g/mol. The standard InChI is InChI=1S/C3H7O4P/c1-2-8(6,7)3(4)5/h2H2,1H3,(H,4,5)(H,6,7). The number of carboxylic acid groups (broad SMARTS) is 1. The van der Waals surface area contributed by atoms with Gasteiger partial charge in [0.1, 0.15) is 0 Å². The van der Waals surface area contributed by atoms with Crippen LogP contribution in [0, 0.1) is 0 Å². The molecule has 5 heteroatoms. The molecule has 0 aliphatic rings. The van der Waals surface area contributed by atoms with Crippen molar-refractivity contribution >= 4 is 13.1 Å². The molecule has 0 aliphatic heterocycles. The summed E-state index contributed by atoms with van der Waals surface area (Å²) in [4.78, 5) is 18.1. The molecule has 0 rings (SSSR count). The van der Waals surface area contributed by atoms with Gasteiger partial charge in [-0.25, -0.2) is 4.79 Å². The average molecular weight is 138 g/mol. The molecule has 8 heavy (non-hydrogen) atoms. The maximum absolute atomic E-state index is 10.2. The Morgan fingerprint density at radius 2 is 2.12 bits per heavy atom. The zero-order valence-corrected chi connectivity index (χ0v) is 5.26. The van der Waals surface area contributed by atoms with Gasteiger partial charge in [0.05, 0.1) is 0 Å². The third-order valence-electron chi connectivity index (χ3n) is 0.728. The highest BCUT2D eigenvalue weighted by molar-refractivity contribution is 7.74. The number of rotatable bonds is 2. The van der Waals surface area contributed by atoms with Crippen molar-refractivity contribution in [1.82, 2.24) is 0 Å². The Balaban J connectivity index is 4.15. The van der Waals surface area contributed by atoms with Crippen molar-refractivity contribution in [2.24, 2.45) is 0 Å². The van der Waals surface area contributed by atoms with Gasteiger partial charge in [-0.3, -0.25) is 4.57 Å². The largest absolute Gasteiger partial charge is 0.474 e. The third kappa shape index (κ3) is 1.64. The monoisotopic (exact) mass is 138 g/mol. The van der Waals surface area contributed by atoms with Gasteiger partial charge in [0.15, 0.2) is 0 Å². The van der Waals surface area contributed by atoms with Gasteiger partial charge < -0.3 is 10.00 Å². The number of hydrogen-bond acceptors (Lipinski definition) is 2. The molecule has 1 atom stereocenters. The van der Waals surface area contributed by atoms with Crippen LogP contribution in [0.15, 0.2) is 0 Å². The smallest absolute Gasteiger partial charge is 0.388 e. The summed E-state index contributed by atoms with van der Waals surface area (Å²) in [7, 11) is -3.83. The van der Waals surface area contributed by atoms with E-state index in [1.807, 2.05) is 0 Å². The predicted molar refractivity (Wildman–Crippen MR) is 28.4 cm³/mol.